The highest BCUT2D eigenvalue weighted by molar-refractivity contribution is 6.68. The maximum Gasteiger partial charge on any atom is 0.278 e. The van der Waals surface area contributed by atoms with Crippen molar-refractivity contribution in [1.29, 1.82) is 0 Å². The van der Waals surface area contributed by atoms with Gasteiger partial charge in [-0.05, 0) is 5.59 Å². The number of aliphatic imine (C=N–C) groups is 1. The van der Waals surface area contributed by atoms with Gasteiger partial charge in [0.05, 0.1) is 11.1 Å². The molecule has 0 unspecified atom stereocenters. The number of carbonyl (C=O) groups excluding carboxylic acids is 1. The highest BCUT2D eigenvalue weighted by Gasteiger charge is 2.26. The van der Waals surface area contributed by atoms with Gasteiger partial charge in [0, 0.05) is 5.61 Å². The first-order valence-corrected chi connectivity index (χ1v) is 3.20. The van der Waals surface area contributed by atoms with Crippen molar-refractivity contribution < 1.29 is 9.90 Å². The molecule has 0 aromatic carbocycles. The molecule has 1 aliphatic heterocycles. The maximum atomic E-state index is 11.0. The van der Waals surface area contributed by atoms with E-state index in [0.29, 0.717) is 0 Å². The van der Waals surface area contributed by atoms with Crippen LogP contribution in [0.25, 0.3) is 0 Å². The molecule has 0 aliphatic carbocycles. The van der Waals surface area contributed by atoms with Gasteiger partial charge in [-0.15, -0.1) is 0 Å². The van der Waals surface area contributed by atoms with Gasteiger partial charge in [0.25, 0.3) is 5.91 Å². The minimum absolute atomic E-state index is 0.000417. The summed E-state index contributed by atoms with van der Waals surface area (Å²) in [7, 11) is 10.7. The minimum atomic E-state index is -0.517. The number of aromatic hydroxyl groups is 1. The predicted molar refractivity (Wildman–Crippen MR) is 44.5 cm³/mol. The summed E-state index contributed by atoms with van der Waals surface area (Å²) in [6.45, 7) is 0. The van der Waals surface area contributed by atoms with Crippen molar-refractivity contribution in [2.24, 2.45) is 4.99 Å². The number of nitrogens with zero attached hydrogens (tertiary/aromatic N) is 1. The first-order valence-electron chi connectivity index (χ1n) is 3.20. The molecule has 1 aromatic heterocycles. The van der Waals surface area contributed by atoms with Gasteiger partial charge in [0.2, 0.25) is 0 Å². The van der Waals surface area contributed by atoms with Crippen molar-refractivity contribution in [1.82, 2.24) is 4.98 Å². The molecule has 2 N–H and O–H groups in total. The van der Waals surface area contributed by atoms with Crippen molar-refractivity contribution in [3.8, 4) is 5.88 Å². The molecule has 2 rings (SSSR count). The lowest BCUT2D eigenvalue weighted by Gasteiger charge is -1.89. The van der Waals surface area contributed by atoms with Gasteiger partial charge in [-0.2, -0.15) is 0 Å². The number of carbonyl (C=O) groups is 1. The number of H-pyrrole nitrogens is 1. The maximum absolute atomic E-state index is 11.0. The Labute approximate surface area is 70.5 Å². The second-order valence-electron chi connectivity index (χ2n) is 2.44. The Morgan fingerprint density at radius 3 is 2.58 bits per heavy atom. The van der Waals surface area contributed by atoms with Gasteiger partial charge in [-0.3, -0.25) is 4.79 Å². The average molecular weight is 156 g/mol. The third-order valence-electron chi connectivity index (χ3n) is 1.70. The van der Waals surface area contributed by atoms with Gasteiger partial charge in [0.15, 0.2) is 5.88 Å². The van der Waals surface area contributed by atoms with E-state index in [-0.39, 0.29) is 28.2 Å². The summed E-state index contributed by atoms with van der Waals surface area (Å²) in [5.74, 6) is -0.730. The quantitative estimate of drug-likeness (QED) is 0.452. The number of rotatable bonds is 0. The van der Waals surface area contributed by atoms with E-state index < -0.39 is 5.91 Å². The molecular formula is C6H2B2N2O2. The second-order valence-corrected chi connectivity index (χ2v) is 2.44. The first kappa shape index (κ1) is 7.21. The van der Waals surface area contributed by atoms with E-state index in [2.05, 4.69) is 9.98 Å². The van der Waals surface area contributed by atoms with Crippen molar-refractivity contribution >= 4 is 32.8 Å². The highest BCUT2D eigenvalue weighted by atomic mass is 16.3. The van der Waals surface area contributed by atoms with Crippen LogP contribution in [0.5, 0.6) is 5.88 Å². The summed E-state index contributed by atoms with van der Waals surface area (Å²) < 4.78 is 0. The molecule has 0 saturated carbocycles. The Morgan fingerprint density at radius 2 is 2.00 bits per heavy atom. The molecule has 6 heteroatoms. The summed E-state index contributed by atoms with van der Waals surface area (Å²) in [6, 6.07) is 0. The molecule has 0 fully saturated rings. The van der Waals surface area contributed by atoms with Crippen molar-refractivity contribution in [3.63, 3.8) is 0 Å². The second kappa shape index (κ2) is 2.03. The molecular weight excluding hydrogens is 154 g/mol. The van der Waals surface area contributed by atoms with Crippen LogP contribution < -0.4 is 5.59 Å². The minimum Gasteiger partial charge on any atom is -0.494 e. The Hall–Kier alpha value is -1.45. The van der Waals surface area contributed by atoms with Crippen molar-refractivity contribution in [2.45, 2.75) is 0 Å². The van der Waals surface area contributed by atoms with E-state index in [0.717, 1.165) is 0 Å². The standard InChI is InChI=1S/C6H2B2N2O2/c7-3-1-2(6(12)9-3)4(8)10-5(1)11/h9,12H. The highest BCUT2D eigenvalue weighted by Crippen LogP contribution is 2.23. The number of aromatic nitrogens is 1. The van der Waals surface area contributed by atoms with Crippen molar-refractivity contribution in [2.75, 3.05) is 0 Å². The number of hydrogen-bond acceptors (Lipinski definition) is 2. The lowest BCUT2D eigenvalue weighted by Crippen LogP contribution is -2.11. The summed E-state index contributed by atoms with van der Waals surface area (Å²) in [5.41, 5.74) is 0.458. The smallest absolute Gasteiger partial charge is 0.278 e. The fraction of sp³-hybridized carbons (Fsp3) is 0. The van der Waals surface area contributed by atoms with Crippen molar-refractivity contribution in [3.05, 3.63) is 11.1 Å². The zero-order chi connectivity index (χ0) is 8.88. The van der Waals surface area contributed by atoms with E-state index in [1.807, 2.05) is 0 Å². The summed E-state index contributed by atoms with van der Waals surface area (Å²) >= 11 is 0. The average Bonchev–Trinajstić information content (AvgIpc) is 2.38. The molecule has 1 aliphatic rings. The van der Waals surface area contributed by atoms with Crippen LogP contribution in [0, 0.1) is 0 Å². The predicted octanol–water partition coefficient (Wildman–Crippen LogP) is -1.42. The van der Waals surface area contributed by atoms with E-state index in [4.69, 9.17) is 15.7 Å². The number of amides is 1. The number of aromatic amines is 1. The number of fused-ring (bicyclic) bond motifs is 1. The number of nitrogens with one attached hydrogen (secondary N) is 1. The Kier molecular flexibility index (Phi) is 1.22. The van der Waals surface area contributed by atoms with Crippen LogP contribution in [0.3, 0.4) is 0 Å². The fourth-order valence-electron chi connectivity index (χ4n) is 1.20. The third kappa shape index (κ3) is 0.691. The molecule has 1 aromatic rings. The Morgan fingerprint density at radius 1 is 1.33 bits per heavy atom. The molecule has 0 bridgehead atoms. The van der Waals surface area contributed by atoms with E-state index >= 15 is 0 Å². The largest absolute Gasteiger partial charge is 0.494 e. The summed E-state index contributed by atoms with van der Waals surface area (Å²) in [4.78, 5) is 16.9. The molecule has 0 atom stereocenters. The van der Waals surface area contributed by atoms with E-state index in [1.54, 1.807) is 0 Å². The van der Waals surface area contributed by atoms with Crippen LogP contribution in [-0.4, -0.2) is 37.3 Å². The lowest BCUT2D eigenvalue weighted by atomic mass is 9.91. The zero-order valence-corrected chi connectivity index (χ0v) is 5.96. The van der Waals surface area contributed by atoms with Gasteiger partial charge in [-0.1, -0.05) is 0 Å². The fourth-order valence-corrected chi connectivity index (χ4v) is 1.20. The molecule has 12 heavy (non-hydrogen) atoms. The molecule has 4 radical (unpaired) electrons. The molecule has 0 spiro atoms. The monoisotopic (exact) mass is 156 g/mol. The van der Waals surface area contributed by atoms with Gasteiger partial charge in [-0.25, -0.2) is 4.99 Å². The Bertz CT molecular complexity index is 408. The summed E-state index contributed by atoms with van der Waals surface area (Å²) in [5, 5.41) is 9.19. The third-order valence-corrected chi connectivity index (χ3v) is 1.70. The molecule has 1 amide bonds. The van der Waals surface area contributed by atoms with Gasteiger partial charge >= 0.3 is 0 Å². The van der Waals surface area contributed by atoms with Crippen LogP contribution in [0.2, 0.25) is 0 Å². The van der Waals surface area contributed by atoms with Crippen LogP contribution in [0.1, 0.15) is 15.9 Å². The first-order chi connectivity index (χ1) is 5.61. The molecule has 4 nitrogen and oxygen atoms in total. The van der Waals surface area contributed by atoms with Gasteiger partial charge < -0.3 is 10.1 Å². The molecule has 54 valence electrons. The topological polar surface area (TPSA) is 65.5 Å². The van der Waals surface area contributed by atoms with Gasteiger partial charge in [0.1, 0.15) is 15.7 Å². The van der Waals surface area contributed by atoms with Crippen LogP contribution in [0.4, 0.5) is 0 Å². The normalized spacial score (nSPS) is 14.7. The lowest BCUT2D eigenvalue weighted by molar-refractivity contribution is 0.101. The SMILES string of the molecule is [B]C1=NC(=O)c2c([B])[nH]c(O)c21. The molecule has 0 saturated heterocycles. The number of hydrogen-bond donors (Lipinski definition) is 2. The molecule has 2 heterocycles. The van der Waals surface area contributed by atoms with Crippen LogP contribution in [-0.2, 0) is 0 Å². The Balaban J connectivity index is 2.79. The van der Waals surface area contributed by atoms with E-state index in [9.17, 15) is 9.90 Å². The summed E-state index contributed by atoms with van der Waals surface area (Å²) in [6.07, 6.45) is 0. The van der Waals surface area contributed by atoms with Crippen LogP contribution in [0.15, 0.2) is 4.99 Å². The van der Waals surface area contributed by atoms with E-state index in [1.165, 1.54) is 0 Å². The van der Waals surface area contributed by atoms with Crippen LogP contribution >= 0.6 is 0 Å². The zero-order valence-electron chi connectivity index (χ0n) is 5.96.